The second-order valence-corrected chi connectivity index (χ2v) is 9.22. The Kier molecular flexibility index (Phi) is 6.41. The zero-order valence-corrected chi connectivity index (χ0v) is 20.1. The number of rotatable bonds is 5. The summed E-state index contributed by atoms with van der Waals surface area (Å²) in [6, 6.07) is 14.5. The Hall–Kier alpha value is -4.21. The first-order valence-corrected chi connectivity index (χ1v) is 12.1. The minimum absolute atomic E-state index is 0.0610. The van der Waals surface area contributed by atoms with Crippen LogP contribution in [0.3, 0.4) is 0 Å². The summed E-state index contributed by atoms with van der Waals surface area (Å²) < 4.78 is 0. The maximum atomic E-state index is 13.4. The van der Waals surface area contributed by atoms with Crippen LogP contribution in [-0.2, 0) is 24.2 Å². The van der Waals surface area contributed by atoms with Gasteiger partial charge in [0.2, 0.25) is 5.91 Å². The van der Waals surface area contributed by atoms with Gasteiger partial charge in [0.25, 0.3) is 11.6 Å². The number of aromatic nitrogens is 2. The van der Waals surface area contributed by atoms with E-state index >= 15 is 0 Å². The second kappa shape index (κ2) is 9.80. The number of aryl methyl sites for hydroxylation is 1. The van der Waals surface area contributed by atoms with Gasteiger partial charge in [-0.15, -0.1) is 0 Å². The zero-order valence-electron chi connectivity index (χ0n) is 20.1. The number of carbonyl (C=O) groups excluding carboxylic acids is 2. The molecular formula is C26H28N6O4. The highest BCUT2D eigenvalue weighted by molar-refractivity contribution is 5.94. The van der Waals surface area contributed by atoms with Crippen molar-refractivity contribution in [2.45, 2.75) is 26.3 Å². The van der Waals surface area contributed by atoms with Crippen molar-refractivity contribution in [3.63, 3.8) is 0 Å². The molecule has 186 valence electrons. The number of H-pyrrole nitrogens is 1. The summed E-state index contributed by atoms with van der Waals surface area (Å²) in [7, 11) is 0. The predicted octanol–water partition coefficient (Wildman–Crippen LogP) is 2.72. The highest BCUT2D eigenvalue weighted by atomic mass is 16.6. The molecular weight excluding hydrogens is 460 g/mol. The van der Waals surface area contributed by atoms with Gasteiger partial charge in [0.1, 0.15) is 0 Å². The van der Waals surface area contributed by atoms with Crippen LogP contribution in [0.4, 0.5) is 11.4 Å². The molecule has 3 aromatic rings. The minimum atomic E-state index is -0.470. The number of anilines is 1. The maximum Gasteiger partial charge on any atom is 0.274 e. The molecule has 2 aliphatic rings. The van der Waals surface area contributed by atoms with Gasteiger partial charge in [-0.05, 0) is 18.6 Å². The number of piperazine rings is 1. The molecule has 0 atom stereocenters. The maximum absolute atomic E-state index is 13.4. The standard InChI is InChI=1S/C26H28N6O4/c1-18-6-2-4-8-22(18)29-12-14-30(15-13-29)26(34)25-20-17-31(11-10-21(20)27-28-25)24(33)16-19-7-3-5-9-23(19)32(35)36/h2-9H,10-17H2,1H3,(H,27,28). The minimum Gasteiger partial charge on any atom is -0.368 e. The second-order valence-electron chi connectivity index (χ2n) is 9.22. The molecule has 2 amide bonds. The average molecular weight is 489 g/mol. The molecule has 0 bridgehead atoms. The molecule has 2 aliphatic heterocycles. The zero-order chi connectivity index (χ0) is 25.2. The first kappa shape index (κ1) is 23.5. The Morgan fingerprint density at radius 3 is 2.47 bits per heavy atom. The largest absolute Gasteiger partial charge is 0.368 e. The number of benzene rings is 2. The number of nitrogens with zero attached hydrogens (tertiary/aromatic N) is 5. The number of hydrogen-bond donors (Lipinski definition) is 1. The molecule has 1 fully saturated rings. The highest BCUT2D eigenvalue weighted by Gasteiger charge is 2.32. The van der Waals surface area contributed by atoms with Gasteiger partial charge in [-0.1, -0.05) is 36.4 Å². The molecule has 10 heteroatoms. The van der Waals surface area contributed by atoms with E-state index in [-0.39, 0.29) is 30.5 Å². The van der Waals surface area contributed by atoms with Gasteiger partial charge in [0.05, 0.1) is 11.3 Å². The number of amides is 2. The third kappa shape index (κ3) is 4.53. The van der Waals surface area contributed by atoms with E-state index in [0.29, 0.717) is 37.3 Å². The fourth-order valence-electron chi connectivity index (χ4n) is 5.02. The van der Waals surface area contributed by atoms with E-state index in [2.05, 4.69) is 34.2 Å². The number of nitro groups is 1. The lowest BCUT2D eigenvalue weighted by Crippen LogP contribution is -2.49. The molecule has 0 radical (unpaired) electrons. The van der Waals surface area contributed by atoms with Crippen molar-refractivity contribution in [2.24, 2.45) is 0 Å². The Morgan fingerprint density at radius 1 is 1.00 bits per heavy atom. The van der Waals surface area contributed by atoms with Crippen LogP contribution < -0.4 is 4.90 Å². The third-order valence-electron chi connectivity index (χ3n) is 7.04. The molecule has 0 aliphatic carbocycles. The summed E-state index contributed by atoms with van der Waals surface area (Å²) in [4.78, 5) is 43.0. The van der Waals surface area contributed by atoms with Gasteiger partial charge in [-0.25, -0.2) is 0 Å². The molecule has 0 unspecified atom stereocenters. The quantitative estimate of drug-likeness (QED) is 0.436. The van der Waals surface area contributed by atoms with Crippen molar-refractivity contribution in [2.75, 3.05) is 37.6 Å². The highest BCUT2D eigenvalue weighted by Crippen LogP contribution is 2.26. The first-order chi connectivity index (χ1) is 17.4. The van der Waals surface area contributed by atoms with Crippen LogP contribution in [0.1, 0.15) is 32.9 Å². The van der Waals surface area contributed by atoms with Gasteiger partial charge in [-0.3, -0.25) is 24.8 Å². The van der Waals surface area contributed by atoms with Gasteiger partial charge in [0.15, 0.2) is 5.69 Å². The smallest absolute Gasteiger partial charge is 0.274 e. The number of carbonyl (C=O) groups is 2. The van der Waals surface area contributed by atoms with E-state index < -0.39 is 4.92 Å². The third-order valence-corrected chi connectivity index (χ3v) is 7.04. The van der Waals surface area contributed by atoms with Crippen LogP contribution in [0, 0.1) is 17.0 Å². The van der Waals surface area contributed by atoms with Crippen LogP contribution >= 0.6 is 0 Å². The van der Waals surface area contributed by atoms with Crippen LogP contribution in [0.5, 0.6) is 0 Å². The topological polar surface area (TPSA) is 116 Å². The molecule has 5 rings (SSSR count). The molecule has 0 saturated carbocycles. The molecule has 1 N–H and O–H groups in total. The van der Waals surface area contributed by atoms with Gasteiger partial charge >= 0.3 is 0 Å². The lowest BCUT2D eigenvalue weighted by atomic mass is 10.0. The number of hydrogen-bond acceptors (Lipinski definition) is 6. The van der Waals surface area contributed by atoms with E-state index in [1.54, 1.807) is 23.1 Å². The number of nitro benzene ring substituents is 1. The van der Waals surface area contributed by atoms with E-state index in [1.807, 2.05) is 17.0 Å². The van der Waals surface area contributed by atoms with Crippen LogP contribution in [0.25, 0.3) is 0 Å². The monoisotopic (exact) mass is 488 g/mol. The molecule has 1 aromatic heterocycles. The van der Waals surface area contributed by atoms with Crippen molar-refractivity contribution >= 4 is 23.2 Å². The fourth-order valence-corrected chi connectivity index (χ4v) is 5.02. The molecule has 10 nitrogen and oxygen atoms in total. The summed E-state index contributed by atoms with van der Waals surface area (Å²) in [5.74, 6) is -0.341. The SMILES string of the molecule is Cc1ccccc1N1CCN(C(=O)c2n[nH]c3c2CN(C(=O)Cc2ccccc2[N+](=O)[O-])CC3)CC1. The summed E-state index contributed by atoms with van der Waals surface area (Å²) in [5, 5.41) is 18.6. The summed E-state index contributed by atoms with van der Waals surface area (Å²) >= 11 is 0. The van der Waals surface area contributed by atoms with Gasteiger partial charge in [0, 0.05) is 74.3 Å². The molecule has 1 saturated heterocycles. The summed E-state index contributed by atoms with van der Waals surface area (Å²) in [5.41, 5.74) is 4.69. The van der Waals surface area contributed by atoms with Crippen molar-refractivity contribution in [3.8, 4) is 0 Å². The van der Waals surface area contributed by atoms with Crippen LogP contribution in [0.15, 0.2) is 48.5 Å². The average Bonchev–Trinajstić information content (AvgIpc) is 3.32. The first-order valence-electron chi connectivity index (χ1n) is 12.1. The van der Waals surface area contributed by atoms with Crippen molar-refractivity contribution in [3.05, 3.63) is 86.7 Å². The lowest BCUT2D eigenvalue weighted by molar-refractivity contribution is -0.385. The number of aromatic amines is 1. The van der Waals surface area contributed by atoms with Gasteiger partial charge < -0.3 is 14.7 Å². The van der Waals surface area contributed by atoms with Crippen LogP contribution in [-0.4, -0.2) is 69.5 Å². The molecule has 0 spiro atoms. The number of fused-ring (bicyclic) bond motifs is 1. The van der Waals surface area contributed by atoms with Crippen molar-refractivity contribution in [1.29, 1.82) is 0 Å². The Bertz CT molecular complexity index is 1310. The summed E-state index contributed by atoms with van der Waals surface area (Å²) in [6.07, 6.45) is 0.494. The van der Waals surface area contributed by atoms with E-state index in [9.17, 15) is 19.7 Å². The van der Waals surface area contributed by atoms with Crippen molar-refractivity contribution in [1.82, 2.24) is 20.0 Å². The van der Waals surface area contributed by atoms with E-state index in [4.69, 9.17) is 0 Å². The summed E-state index contributed by atoms with van der Waals surface area (Å²) in [6.45, 7) is 5.48. The predicted molar refractivity (Wildman–Crippen MR) is 134 cm³/mol. The molecule has 36 heavy (non-hydrogen) atoms. The van der Waals surface area contributed by atoms with Crippen LogP contribution in [0.2, 0.25) is 0 Å². The molecule has 2 aromatic carbocycles. The normalized spacial score (nSPS) is 15.5. The van der Waals surface area contributed by atoms with E-state index in [1.165, 1.54) is 17.3 Å². The van der Waals surface area contributed by atoms with E-state index in [0.717, 1.165) is 24.3 Å². The fraction of sp³-hybridized carbons (Fsp3) is 0.346. The van der Waals surface area contributed by atoms with Crippen molar-refractivity contribution < 1.29 is 14.5 Å². The Labute approximate surface area is 208 Å². The number of nitrogens with one attached hydrogen (secondary N) is 1. The number of para-hydroxylation sites is 2. The van der Waals surface area contributed by atoms with Gasteiger partial charge in [-0.2, -0.15) is 5.10 Å². The lowest BCUT2D eigenvalue weighted by Gasteiger charge is -2.36. The molecule has 3 heterocycles. The Balaban J connectivity index is 1.26. The Morgan fingerprint density at radius 2 is 1.72 bits per heavy atom.